The highest BCUT2D eigenvalue weighted by molar-refractivity contribution is 6.33. The lowest BCUT2D eigenvalue weighted by Gasteiger charge is -2.05. The van der Waals surface area contributed by atoms with Gasteiger partial charge in [-0.25, -0.2) is 15.0 Å². The summed E-state index contributed by atoms with van der Waals surface area (Å²) in [5, 5.41) is 2.43. The van der Waals surface area contributed by atoms with E-state index in [-0.39, 0.29) is 5.02 Å². The van der Waals surface area contributed by atoms with E-state index in [4.69, 9.17) is 17.4 Å². The third kappa shape index (κ3) is 2.57. The molecular weight excluding hydrogens is 197 g/mol. The van der Waals surface area contributed by atoms with Crippen molar-refractivity contribution in [3.8, 4) is 0 Å². The Morgan fingerprint density at radius 1 is 1.54 bits per heavy atom. The molecule has 4 nitrogen and oxygen atoms in total. The monoisotopic (exact) mass is 203 g/mol. The molecule has 0 atom stereocenters. The van der Waals surface area contributed by atoms with Crippen molar-refractivity contribution < 1.29 is 9.18 Å². The maximum Gasteiger partial charge on any atom is 0.333 e. The Kier molecular flexibility index (Phi) is 3.05. The molecule has 4 N–H and O–H groups in total. The number of carbonyl (C=O) groups excluding carboxylic acids is 1. The zero-order chi connectivity index (χ0) is 9.84. The fourth-order valence-corrected chi connectivity index (χ4v) is 0.964. The topological polar surface area (TPSA) is 67.1 Å². The van der Waals surface area contributed by atoms with E-state index in [1.54, 1.807) is 0 Å². The molecule has 1 aromatic carbocycles. The normalized spacial score (nSPS) is 9.46. The van der Waals surface area contributed by atoms with Crippen LogP contribution in [0.4, 0.5) is 14.9 Å². The second-order valence-electron chi connectivity index (χ2n) is 2.22. The number of halogens is 2. The summed E-state index contributed by atoms with van der Waals surface area (Å²) in [4.78, 5) is 10.7. The van der Waals surface area contributed by atoms with Crippen molar-refractivity contribution in [3.63, 3.8) is 0 Å². The molecule has 0 saturated carbocycles. The van der Waals surface area contributed by atoms with Crippen LogP contribution in [0.15, 0.2) is 18.2 Å². The van der Waals surface area contributed by atoms with Crippen molar-refractivity contribution in [2.24, 2.45) is 5.84 Å². The van der Waals surface area contributed by atoms with Crippen LogP contribution in [-0.2, 0) is 0 Å². The maximum absolute atomic E-state index is 12.5. The van der Waals surface area contributed by atoms with Crippen molar-refractivity contribution in [2.75, 3.05) is 5.32 Å². The van der Waals surface area contributed by atoms with Gasteiger partial charge in [0.15, 0.2) is 0 Å². The minimum atomic E-state index is -0.617. The van der Waals surface area contributed by atoms with Crippen LogP contribution in [0.5, 0.6) is 0 Å². The van der Waals surface area contributed by atoms with Crippen LogP contribution in [0.1, 0.15) is 0 Å². The molecule has 0 aliphatic heterocycles. The molecule has 1 rings (SSSR count). The highest BCUT2D eigenvalue weighted by Crippen LogP contribution is 2.21. The van der Waals surface area contributed by atoms with E-state index < -0.39 is 11.8 Å². The molecule has 0 heterocycles. The molecule has 0 unspecified atom stereocenters. The average molecular weight is 204 g/mol. The van der Waals surface area contributed by atoms with Gasteiger partial charge >= 0.3 is 6.03 Å². The molecule has 2 amide bonds. The number of hydrogen-bond acceptors (Lipinski definition) is 2. The molecule has 0 spiro atoms. The van der Waals surface area contributed by atoms with Crippen molar-refractivity contribution >= 4 is 23.3 Å². The third-order valence-corrected chi connectivity index (χ3v) is 1.62. The molecule has 0 fully saturated rings. The quantitative estimate of drug-likeness (QED) is 0.368. The number of amides is 2. The highest BCUT2D eigenvalue weighted by atomic mass is 35.5. The SMILES string of the molecule is NNC(=O)Nc1ccc(F)cc1Cl. The van der Waals surface area contributed by atoms with Gasteiger partial charge in [0, 0.05) is 0 Å². The van der Waals surface area contributed by atoms with Gasteiger partial charge in [-0.15, -0.1) is 0 Å². The Morgan fingerprint density at radius 2 is 2.23 bits per heavy atom. The number of rotatable bonds is 1. The first-order chi connectivity index (χ1) is 6.13. The van der Waals surface area contributed by atoms with E-state index in [1.165, 1.54) is 12.1 Å². The predicted molar refractivity (Wildman–Crippen MR) is 47.8 cm³/mol. The van der Waals surface area contributed by atoms with Crippen LogP contribution < -0.4 is 16.6 Å². The van der Waals surface area contributed by atoms with E-state index in [2.05, 4.69) is 5.32 Å². The lowest BCUT2D eigenvalue weighted by Crippen LogP contribution is -2.34. The first kappa shape index (κ1) is 9.76. The van der Waals surface area contributed by atoms with Crippen molar-refractivity contribution in [1.29, 1.82) is 0 Å². The standard InChI is InChI=1S/C7H7ClFN3O/c8-5-3-4(9)1-2-6(5)11-7(13)12-10/h1-3H,10H2,(H2,11,12,13). The van der Waals surface area contributed by atoms with Crippen LogP contribution in [-0.4, -0.2) is 6.03 Å². The fraction of sp³-hybridized carbons (Fsp3) is 0. The largest absolute Gasteiger partial charge is 0.333 e. The van der Waals surface area contributed by atoms with Gasteiger partial charge in [-0.05, 0) is 18.2 Å². The lowest BCUT2D eigenvalue weighted by atomic mass is 10.3. The van der Waals surface area contributed by atoms with E-state index in [0.717, 1.165) is 6.07 Å². The summed E-state index contributed by atoms with van der Waals surface area (Å²) >= 11 is 5.61. The number of benzene rings is 1. The van der Waals surface area contributed by atoms with Crippen molar-refractivity contribution in [3.05, 3.63) is 29.0 Å². The van der Waals surface area contributed by atoms with Crippen LogP contribution in [0.2, 0.25) is 5.02 Å². The molecule has 0 aromatic heterocycles. The number of hydrazine groups is 1. The molecule has 70 valence electrons. The smallest absolute Gasteiger partial charge is 0.305 e. The summed E-state index contributed by atoms with van der Waals surface area (Å²) in [6.45, 7) is 0. The van der Waals surface area contributed by atoms with Crippen LogP contribution in [0.3, 0.4) is 0 Å². The third-order valence-electron chi connectivity index (χ3n) is 1.31. The number of nitrogens with one attached hydrogen (secondary N) is 2. The number of hydrogen-bond donors (Lipinski definition) is 3. The fourth-order valence-electron chi connectivity index (χ4n) is 0.749. The molecule has 0 radical (unpaired) electrons. The second kappa shape index (κ2) is 4.06. The summed E-state index contributed by atoms with van der Waals surface area (Å²) in [5.74, 6) is 4.35. The molecule has 0 aliphatic rings. The lowest BCUT2D eigenvalue weighted by molar-refractivity contribution is 0.252. The number of nitrogens with two attached hydrogens (primary N) is 1. The summed E-state index contributed by atoms with van der Waals surface area (Å²) in [6, 6.07) is 2.99. The van der Waals surface area contributed by atoms with E-state index in [9.17, 15) is 9.18 Å². The molecular formula is C7H7ClFN3O. The summed E-state index contributed by atoms with van der Waals surface area (Å²) in [5.41, 5.74) is 2.15. The van der Waals surface area contributed by atoms with Gasteiger partial charge in [0.1, 0.15) is 5.82 Å². The van der Waals surface area contributed by atoms with Gasteiger partial charge in [0.05, 0.1) is 10.7 Å². The summed E-state index contributed by atoms with van der Waals surface area (Å²) in [7, 11) is 0. The van der Waals surface area contributed by atoms with Gasteiger partial charge in [-0.3, -0.25) is 5.43 Å². The molecule has 0 aliphatic carbocycles. The van der Waals surface area contributed by atoms with Crippen molar-refractivity contribution in [1.82, 2.24) is 5.43 Å². The molecule has 13 heavy (non-hydrogen) atoms. The van der Waals surface area contributed by atoms with Crippen LogP contribution in [0.25, 0.3) is 0 Å². The summed E-state index contributed by atoms with van der Waals surface area (Å²) < 4.78 is 12.5. The van der Waals surface area contributed by atoms with E-state index in [0.29, 0.717) is 5.69 Å². The van der Waals surface area contributed by atoms with Gasteiger partial charge in [-0.2, -0.15) is 0 Å². The molecule has 6 heteroatoms. The van der Waals surface area contributed by atoms with Gasteiger partial charge in [0.25, 0.3) is 0 Å². The van der Waals surface area contributed by atoms with E-state index >= 15 is 0 Å². The number of anilines is 1. The minimum Gasteiger partial charge on any atom is -0.305 e. The van der Waals surface area contributed by atoms with Gasteiger partial charge in [-0.1, -0.05) is 11.6 Å². The second-order valence-corrected chi connectivity index (χ2v) is 2.63. The zero-order valence-electron chi connectivity index (χ0n) is 6.47. The Bertz CT molecular complexity index is 332. The Balaban J connectivity index is 2.83. The van der Waals surface area contributed by atoms with Gasteiger partial charge < -0.3 is 5.32 Å². The first-order valence-electron chi connectivity index (χ1n) is 3.36. The number of carbonyl (C=O) groups is 1. The highest BCUT2D eigenvalue weighted by Gasteiger charge is 2.04. The summed E-state index contributed by atoms with van der Waals surface area (Å²) in [6.07, 6.45) is 0. The zero-order valence-corrected chi connectivity index (χ0v) is 7.23. The average Bonchev–Trinajstić information content (AvgIpc) is 2.09. The number of urea groups is 1. The molecule has 0 bridgehead atoms. The van der Waals surface area contributed by atoms with Crippen LogP contribution in [0, 0.1) is 5.82 Å². The van der Waals surface area contributed by atoms with Crippen molar-refractivity contribution in [2.45, 2.75) is 0 Å². The van der Waals surface area contributed by atoms with Gasteiger partial charge in [0.2, 0.25) is 0 Å². The minimum absolute atomic E-state index is 0.114. The molecule has 1 aromatic rings. The Labute approximate surface area is 78.8 Å². The van der Waals surface area contributed by atoms with E-state index in [1.807, 2.05) is 5.43 Å². The predicted octanol–water partition coefficient (Wildman–Crippen LogP) is 1.47. The van der Waals surface area contributed by atoms with Crippen LogP contribution >= 0.6 is 11.6 Å². The Hall–Kier alpha value is -1.33. The maximum atomic E-state index is 12.5. The first-order valence-corrected chi connectivity index (χ1v) is 3.74. The Morgan fingerprint density at radius 3 is 2.77 bits per heavy atom. The molecule has 0 saturated heterocycles.